The van der Waals surface area contributed by atoms with Crippen LogP contribution in [-0.2, 0) is 5.54 Å². The van der Waals surface area contributed by atoms with Gasteiger partial charge in [0, 0.05) is 5.02 Å². The number of rotatable bonds is 2. The van der Waals surface area contributed by atoms with Crippen LogP contribution in [0.3, 0.4) is 0 Å². The average Bonchev–Trinajstić information content (AvgIpc) is 3.18. The molecule has 2 heterocycles. The van der Waals surface area contributed by atoms with Gasteiger partial charge in [0.15, 0.2) is 5.82 Å². The Hall–Kier alpha value is -2.59. The molecule has 0 aliphatic heterocycles. The van der Waals surface area contributed by atoms with Gasteiger partial charge in [-0.1, -0.05) is 41.9 Å². The molecule has 1 N–H and O–H groups in total. The second-order valence-corrected chi connectivity index (χ2v) is 7.55. The Morgan fingerprint density at radius 2 is 1.76 bits per heavy atom. The molecule has 0 saturated carbocycles. The van der Waals surface area contributed by atoms with Crippen molar-refractivity contribution in [1.29, 1.82) is 0 Å². The van der Waals surface area contributed by atoms with E-state index in [-0.39, 0.29) is 5.54 Å². The minimum atomic E-state index is -0.140. The van der Waals surface area contributed by atoms with E-state index in [1.165, 1.54) is 0 Å². The molecule has 4 aromatic rings. The maximum atomic E-state index is 6.07. The van der Waals surface area contributed by atoms with Gasteiger partial charge in [-0.25, -0.2) is 4.98 Å². The van der Waals surface area contributed by atoms with Crippen molar-refractivity contribution >= 4 is 22.6 Å². The number of hydrogen-bond donors (Lipinski definition) is 1. The van der Waals surface area contributed by atoms with Gasteiger partial charge in [-0.2, -0.15) is 5.10 Å². The van der Waals surface area contributed by atoms with Crippen LogP contribution in [-0.4, -0.2) is 19.7 Å². The van der Waals surface area contributed by atoms with Crippen molar-refractivity contribution in [1.82, 2.24) is 19.7 Å². The fourth-order valence-electron chi connectivity index (χ4n) is 2.92. The Balaban J connectivity index is 1.89. The summed E-state index contributed by atoms with van der Waals surface area (Å²) in [7, 11) is 0. The molecular weight excluding hydrogens is 332 g/mol. The number of nitrogens with zero attached hydrogens (tertiary/aromatic N) is 3. The molecule has 4 nitrogen and oxygen atoms in total. The number of nitrogens with one attached hydrogen (secondary N) is 1. The summed E-state index contributed by atoms with van der Waals surface area (Å²) in [5.41, 5.74) is 4.68. The highest BCUT2D eigenvalue weighted by Gasteiger charge is 2.22. The SMILES string of the molecule is CC(C)(C)n1nc(-c2nc3cc(Cl)ccc3[nH]2)cc1-c1ccccc1. The largest absolute Gasteiger partial charge is 0.337 e. The van der Waals surface area contributed by atoms with Gasteiger partial charge in [0.05, 0.1) is 22.3 Å². The van der Waals surface area contributed by atoms with Crippen molar-refractivity contribution in [3.63, 3.8) is 0 Å². The molecule has 0 fully saturated rings. The number of aromatic nitrogens is 4. The zero-order valence-electron chi connectivity index (χ0n) is 14.4. The Labute approximate surface area is 151 Å². The topological polar surface area (TPSA) is 46.5 Å². The summed E-state index contributed by atoms with van der Waals surface area (Å²) in [6.45, 7) is 6.44. The van der Waals surface area contributed by atoms with E-state index in [9.17, 15) is 0 Å². The first kappa shape index (κ1) is 15.9. The fraction of sp³-hybridized carbons (Fsp3) is 0.200. The van der Waals surface area contributed by atoms with Gasteiger partial charge in [-0.3, -0.25) is 4.68 Å². The summed E-state index contributed by atoms with van der Waals surface area (Å²) in [5, 5.41) is 5.51. The standard InChI is InChI=1S/C20H19ClN4/c1-20(2,3)25-18(13-7-5-4-6-8-13)12-17(24-25)19-22-15-10-9-14(21)11-16(15)23-19/h4-12H,1-3H3,(H,22,23). The van der Waals surface area contributed by atoms with Crippen LogP contribution in [0.4, 0.5) is 0 Å². The van der Waals surface area contributed by atoms with Gasteiger partial charge in [0.25, 0.3) is 0 Å². The maximum Gasteiger partial charge on any atom is 0.159 e. The second kappa shape index (κ2) is 5.74. The quantitative estimate of drug-likeness (QED) is 0.518. The zero-order chi connectivity index (χ0) is 17.6. The first-order valence-corrected chi connectivity index (χ1v) is 8.61. The lowest BCUT2D eigenvalue weighted by Crippen LogP contribution is -2.24. The molecule has 0 bridgehead atoms. The molecule has 0 aliphatic carbocycles. The molecule has 0 unspecified atom stereocenters. The molecule has 0 spiro atoms. The van der Waals surface area contributed by atoms with Crippen LogP contribution in [0.25, 0.3) is 33.8 Å². The number of hydrogen-bond acceptors (Lipinski definition) is 2. The van der Waals surface area contributed by atoms with Crippen molar-refractivity contribution in [3.8, 4) is 22.8 Å². The Morgan fingerprint density at radius 3 is 2.48 bits per heavy atom. The third-order valence-electron chi connectivity index (χ3n) is 4.10. The molecule has 5 heteroatoms. The highest BCUT2D eigenvalue weighted by molar-refractivity contribution is 6.31. The molecule has 0 amide bonds. The normalized spacial score (nSPS) is 12.0. The molecule has 2 aromatic carbocycles. The molecule has 0 radical (unpaired) electrons. The molecule has 0 atom stereocenters. The number of H-pyrrole nitrogens is 1. The van der Waals surface area contributed by atoms with Crippen LogP contribution in [0, 0.1) is 0 Å². The average molecular weight is 351 g/mol. The molecule has 0 aliphatic rings. The summed E-state index contributed by atoms with van der Waals surface area (Å²) < 4.78 is 2.05. The van der Waals surface area contributed by atoms with E-state index in [4.69, 9.17) is 16.7 Å². The monoisotopic (exact) mass is 350 g/mol. The van der Waals surface area contributed by atoms with E-state index in [1.807, 2.05) is 36.4 Å². The molecular formula is C20H19ClN4. The minimum absolute atomic E-state index is 0.140. The van der Waals surface area contributed by atoms with E-state index < -0.39 is 0 Å². The van der Waals surface area contributed by atoms with E-state index in [0.717, 1.165) is 33.8 Å². The minimum Gasteiger partial charge on any atom is -0.337 e. The Morgan fingerprint density at radius 1 is 1.00 bits per heavy atom. The number of imidazole rings is 1. The van der Waals surface area contributed by atoms with Crippen LogP contribution in [0.2, 0.25) is 5.02 Å². The summed E-state index contributed by atoms with van der Waals surface area (Å²) >= 11 is 6.07. The van der Waals surface area contributed by atoms with E-state index in [0.29, 0.717) is 5.02 Å². The van der Waals surface area contributed by atoms with Crippen molar-refractivity contribution < 1.29 is 0 Å². The maximum absolute atomic E-state index is 6.07. The first-order valence-electron chi connectivity index (χ1n) is 8.23. The second-order valence-electron chi connectivity index (χ2n) is 7.11. The third kappa shape index (κ3) is 2.94. The van der Waals surface area contributed by atoms with Gasteiger partial charge in [0.1, 0.15) is 5.69 Å². The Bertz CT molecular complexity index is 1040. The molecule has 126 valence electrons. The van der Waals surface area contributed by atoms with Gasteiger partial charge in [-0.15, -0.1) is 0 Å². The van der Waals surface area contributed by atoms with Gasteiger partial charge < -0.3 is 4.98 Å². The summed E-state index contributed by atoms with van der Waals surface area (Å²) in [6, 6.07) is 18.0. The van der Waals surface area contributed by atoms with E-state index >= 15 is 0 Å². The molecule has 2 aromatic heterocycles. The van der Waals surface area contributed by atoms with Crippen LogP contribution in [0.5, 0.6) is 0 Å². The molecule has 25 heavy (non-hydrogen) atoms. The van der Waals surface area contributed by atoms with Gasteiger partial charge in [-0.05, 0) is 50.6 Å². The van der Waals surface area contributed by atoms with Crippen molar-refractivity contribution in [2.45, 2.75) is 26.3 Å². The number of aromatic amines is 1. The van der Waals surface area contributed by atoms with Crippen LogP contribution in [0.1, 0.15) is 20.8 Å². The lowest BCUT2D eigenvalue weighted by Gasteiger charge is -2.22. The van der Waals surface area contributed by atoms with Crippen LogP contribution >= 0.6 is 11.6 Å². The van der Waals surface area contributed by atoms with Gasteiger partial charge in [0.2, 0.25) is 0 Å². The van der Waals surface area contributed by atoms with Crippen molar-refractivity contribution in [2.75, 3.05) is 0 Å². The zero-order valence-corrected chi connectivity index (χ0v) is 15.2. The molecule has 4 rings (SSSR count). The highest BCUT2D eigenvalue weighted by Crippen LogP contribution is 2.30. The smallest absolute Gasteiger partial charge is 0.159 e. The van der Waals surface area contributed by atoms with Crippen molar-refractivity contribution in [3.05, 3.63) is 59.6 Å². The van der Waals surface area contributed by atoms with E-state index in [1.54, 1.807) is 0 Å². The Kier molecular flexibility index (Phi) is 3.65. The van der Waals surface area contributed by atoms with Crippen molar-refractivity contribution in [2.24, 2.45) is 0 Å². The van der Waals surface area contributed by atoms with Gasteiger partial charge >= 0.3 is 0 Å². The summed E-state index contributed by atoms with van der Waals surface area (Å²) in [4.78, 5) is 8.00. The lowest BCUT2D eigenvalue weighted by molar-refractivity contribution is 0.361. The fourth-order valence-corrected chi connectivity index (χ4v) is 3.09. The number of benzene rings is 2. The lowest BCUT2D eigenvalue weighted by atomic mass is 10.1. The molecule has 0 saturated heterocycles. The summed E-state index contributed by atoms with van der Waals surface area (Å²) in [5.74, 6) is 0.748. The third-order valence-corrected chi connectivity index (χ3v) is 4.34. The highest BCUT2D eigenvalue weighted by atomic mass is 35.5. The van der Waals surface area contributed by atoms with Crippen LogP contribution < -0.4 is 0 Å². The predicted octanol–water partition coefficient (Wildman–Crippen LogP) is 5.50. The van der Waals surface area contributed by atoms with Crippen LogP contribution in [0.15, 0.2) is 54.6 Å². The number of halogens is 1. The summed E-state index contributed by atoms with van der Waals surface area (Å²) in [6.07, 6.45) is 0. The van der Waals surface area contributed by atoms with E-state index in [2.05, 4.69) is 53.6 Å². The predicted molar refractivity (Wildman–Crippen MR) is 103 cm³/mol. The first-order chi connectivity index (χ1) is 11.9. The number of fused-ring (bicyclic) bond motifs is 1.